The Bertz CT molecular complexity index is 345. The fraction of sp³-hybridized carbons (Fsp3) is 0.769. The van der Waals surface area contributed by atoms with Crippen molar-refractivity contribution in [3.63, 3.8) is 0 Å². The largest absolute Gasteiger partial charge is 0.381 e. The van der Waals surface area contributed by atoms with Gasteiger partial charge in [-0.15, -0.1) is 11.3 Å². The summed E-state index contributed by atoms with van der Waals surface area (Å²) in [7, 11) is 0. The lowest BCUT2D eigenvalue weighted by Gasteiger charge is -2.33. The van der Waals surface area contributed by atoms with Crippen LogP contribution in [0.15, 0.2) is 5.38 Å². The molecule has 1 aliphatic rings. The van der Waals surface area contributed by atoms with E-state index in [1.165, 1.54) is 10.7 Å². The third-order valence-electron chi connectivity index (χ3n) is 3.46. The highest BCUT2D eigenvalue weighted by Gasteiger charge is 2.26. The molecule has 0 atom stereocenters. The van der Waals surface area contributed by atoms with Gasteiger partial charge in [0.15, 0.2) is 0 Å². The Labute approximate surface area is 108 Å². The molecular formula is C13H22N2OS. The van der Waals surface area contributed by atoms with Crippen LogP contribution in [0.3, 0.4) is 0 Å². The molecule has 17 heavy (non-hydrogen) atoms. The van der Waals surface area contributed by atoms with Crippen LogP contribution >= 0.6 is 11.3 Å². The lowest BCUT2D eigenvalue weighted by molar-refractivity contribution is 0.0240. The van der Waals surface area contributed by atoms with Gasteiger partial charge in [0, 0.05) is 31.7 Å². The monoisotopic (exact) mass is 254 g/mol. The molecule has 1 fully saturated rings. The van der Waals surface area contributed by atoms with E-state index in [4.69, 9.17) is 4.74 Å². The first kappa shape index (κ1) is 13.0. The van der Waals surface area contributed by atoms with Crippen LogP contribution in [0.5, 0.6) is 0 Å². The third kappa shape index (κ3) is 3.76. The second-order valence-electron chi connectivity index (χ2n) is 5.11. The van der Waals surface area contributed by atoms with Crippen molar-refractivity contribution in [2.75, 3.05) is 19.8 Å². The van der Waals surface area contributed by atoms with E-state index >= 15 is 0 Å². The summed E-state index contributed by atoms with van der Waals surface area (Å²) in [6, 6.07) is 0. The molecule has 0 spiro atoms. The van der Waals surface area contributed by atoms with Crippen molar-refractivity contribution >= 4 is 11.3 Å². The maximum Gasteiger partial charge on any atom is 0.0926 e. The minimum absolute atomic E-state index is 0.405. The fourth-order valence-corrected chi connectivity index (χ4v) is 2.87. The zero-order chi connectivity index (χ0) is 12.1. The fourth-order valence-electron chi connectivity index (χ4n) is 2.13. The average Bonchev–Trinajstić information content (AvgIpc) is 2.78. The molecule has 1 saturated heterocycles. The average molecular weight is 254 g/mol. The number of hydrogen-bond donors (Lipinski definition) is 1. The summed E-state index contributed by atoms with van der Waals surface area (Å²) < 4.78 is 5.41. The van der Waals surface area contributed by atoms with Gasteiger partial charge in [0.2, 0.25) is 0 Å². The van der Waals surface area contributed by atoms with Gasteiger partial charge in [-0.3, -0.25) is 0 Å². The molecule has 2 heterocycles. The van der Waals surface area contributed by atoms with E-state index in [9.17, 15) is 0 Å². The first-order chi connectivity index (χ1) is 8.22. The highest BCUT2D eigenvalue weighted by atomic mass is 32.1. The molecule has 96 valence electrons. The number of ether oxygens (including phenoxy) is 1. The Morgan fingerprint density at radius 2 is 2.24 bits per heavy atom. The maximum absolute atomic E-state index is 5.41. The second-order valence-corrected chi connectivity index (χ2v) is 6.06. The molecule has 1 aromatic heterocycles. The highest BCUT2D eigenvalue weighted by Crippen LogP contribution is 2.28. The molecular weight excluding hydrogens is 232 g/mol. The minimum Gasteiger partial charge on any atom is -0.381 e. The summed E-state index contributed by atoms with van der Waals surface area (Å²) >= 11 is 1.76. The third-order valence-corrected chi connectivity index (χ3v) is 4.50. The van der Waals surface area contributed by atoms with Crippen molar-refractivity contribution in [3.8, 4) is 0 Å². The van der Waals surface area contributed by atoms with Crippen LogP contribution in [0.2, 0.25) is 0 Å². The van der Waals surface area contributed by atoms with Gasteiger partial charge in [-0.1, -0.05) is 13.8 Å². The first-order valence-electron chi connectivity index (χ1n) is 6.44. The van der Waals surface area contributed by atoms with Gasteiger partial charge in [0.05, 0.1) is 10.7 Å². The molecule has 2 rings (SSSR count). The smallest absolute Gasteiger partial charge is 0.0926 e. The number of aryl methyl sites for hydroxylation is 1. The summed E-state index contributed by atoms with van der Waals surface area (Å²) in [5.41, 5.74) is 1.59. The van der Waals surface area contributed by atoms with Crippen LogP contribution in [0.25, 0.3) is 0 Å². The number of aromatic nitrogens is 1. The summed E-state index contributed by atoms with van der Waals surface area (Å²) in [4.78, 5) is 4.57. The summed E-state index contributed by atoms with van der Waals surface area (Å²) in [6.07, 6.45) is 3.37. The molecule has 0 aliphatic carbocycles. The van der Waals surface area contributed by atoms with Crippen molar-refractivity contribution < 1.29 is 4.74 Å². The Hall–Kier alpha value is -0.450. The number of nitrogens with one attached hydrogen (secondary N) is 1. The molecule has 0 radical (unpaired) electrons. The Morgan fingerprint density at radius 1 is 1.47 bits per heavy atom. The normalized spacial score (nSPS) is 19.4. The van der Waals surface area contributed by atoms with E-state index in [-0.39, 0.29) is 0 Å². The number of rotatable bonds is 5. The molecule has 1 aliphatic heterocycles. The first-order valence-corrected chi connectivity index (χ1v) is 7.31. The van der Waals surface area contributed by atoms with Gasteiger partial charge in [0.1, 0.15) is 0 Å². The highest BCUT2D eigenvalue weighted by molar-refractivity contribution is 7.09. The predicted octanol–water partition coefficient (Wildman–Crippen LogP) is 2.61. The van der Waals surface area contributed by atoms with E-state index in [1.807, 2.05) is 0 Å². The van der Waals surface area contributed by atoms with E-state index in [0.717, 1.165) is 45.6 Å². The lowest BCUT2D eigenvalue weighted by atomic mass is 9.82. The van der Waals surface area contributed by atoms with Gasteiger partial charge in [-0.2, -0.15) is 0 Å². The van der Waals surface area contributed by atoms with Crippen molar-refractivity contribution in [1.82, 2.24) is 10.3 Å². The Balaban J connectivity index is 1.74. The van der Waals surface area contributed by atoms with Crippen LogP contribution in [0.1, 0.15) is 37.4 Å². The summed E-state index contributed by atoms with van der Waals surface area (Å²) in [5.74, 6) is 0. The van der Waals surface area contributed by atoms with Crippen LogP contribution in [0, 0.1) is 5.41 Å². The van der Waals surface area contributed by atoms with Gasteiger partial charge in [0.25, 0.3) is 0 Å². The van der Waals surface area contributed by atoms with Crippen molar-refractivity contribution in [3.05, 3.63) is 16.1 Å². The maximum atomic E-state index is 5.41. The predicted molar refractivity (Wildman–Crippen MR) is 71.4 cm³/mol. The standard InChI is InChI=1S/C13H22N2OS/c1-3-12-15-11(9-17-12)8-14-10-13(2)4-6-16-7-5-13/h9,14H,3-8,10H2,1-2H3. The van der Waals surface area contributed by atoms with Crippen LogP contribution < -0.4 is 5.32 Å². The Kier molecular flexibility index (Phi) is 4.54. The molecule has 1 aromatic rings. The van der Waals surface area contributed by atoms with Gasteiger partial charge < -0.3 is 10.1 Å². The van der Waals surface area contributed by atoms with Crippen molar-refractivity contribution in [2.45, 2.75) is 39.7 Å². The van der Waals surface area contributed by atoms with Crippen LogP contribution in [-0.2, 0) is 17.7 Å². The van der Waals surface area contributed by atoms with Crippen molar-refractivity contribution in [2.24, 2.45) is 5.41 Å². The van der Waals surface area contributed by atoms with E-state index < -0.39 is 0 Å². The zero-order valence-electron chi connectivity index (χ0n) is 10.8. The van der Waals surface area contributed by atoms with Gasteiger partial charge in [-0.25, -0.2) is 4.98 Å². The van der Waals surface area contributed by atoms with Gasteiger partial charge >= 0.3 is 0 Å². The molecule has 1 N–H and O–H groups in total. The lowest BCUT2D eigenvalue weighted by Crippen LogP contribution is -2.36. The zero-order valence-corrected chi connectivity index (χ0v) is 11.6. The topological polar surface area (TPSA) is 34.2 Å². The second kappa shape index (κ2) is 5.94. The van der Waals surface area contributed by atoms with Crippen LogP contribution in [0.4, 0.5) is 0 Å². The SMILES string of the molecule is CCc1nc(CNCC2(C)CCOCC2)cs1. The summed E-state index contributed by atoms with van der Waals surface area (Å²) in [5, 5.41) is 6.94. The molecule has 0 bridgehead atoms. The molecule has 3 nitrogen and oxygen atoms in total. The quantitative estimate of drug-likeness (QED) is 0.877. The number of nitrogens with zero attached hydrogens (tertiary/aromatic N) is 1. The van der Waals surface area contributed by atoms with Crippen molar-refractivity contribution in [1.29, 1.82) is 0 Å². The molecule has 4 heteroatoms. The molecule has 0 unspecified atom stereocenters. The molecule has 0 amide bonds. The van der Waals surface area contributed by atoms with Gasteiger partial charge in [-0.05, 0) is 24.7 Å². The van der Waals surface area contributed by atoms with E-state index in [2.05, 4.69) is 29.5 Å². The number of hydrogen-bond acceptors (Lipinski definition) is 4. The molecule has 0 saturated carbocycles. The van der Waals surface area contributed by atoms with E-state index in [0.29, 0.717) is 5.41 Å². The van der Waals surface area contributed by atoms with E-state index in [1.54, 1.807) is 11.3 Å². The molecule has 0 aromatic carbocycles. The number of thiazole rings is 1. The van der Waals surface area contributed by atoms with Crippen LogP contribution in [-0.4, -0.2) is 24.7 Å². The minimum atomic E-state index is 0.405. The summed E-state index contributed by atoms with van der Waals surface area (Å²) in [6.45, 7) is 8.28. The Morgan fingerprint density at radius 3 is 2.88 bits per heavy atom.